The van der Waals surface area contributed by atoms with Gasteiger partial charge in [-0.15, -0.1) is 0 Å². The van der Waals surface area contributed by atoms with E-state index < -0.39 is 5.54 Å². The van der Waals surface area contributed by atoms with Crippen molar-refractivity contribution in [2.24, 2.45) is 11.1 Å². The van der Waals surface area contributed by atoms with Crippen molar-refractivity contribution in [2.45, 2.75) is 39.2 Å². The average Bonchev–Trinajstić information content (AvgIpc) is 2.75. The third-order valence-electron chi connectivity index (χ3n) is 3.94. The first-order valence-corrected chi connectivity index (χ1v) is 6.68. The zero-order chi connectivity index (χ0) is 13.4. The van der Waals surface area contributed by atoms with Gasteiger partial charge in [0.25, 0.3) is 0 Å². The number of carbonyl (C=O) groups is 1. The first-order chi connectivity index (χ1) is 8.33. The van der Waals surface area contributed by atoms with Crippen LogP contribution in [0.2, 0.25) is 0 Å². The lowest BCUT2D eigenvalue weighted by molar-refractivity contribution is -0.136. The fourth-order valence-corrected chi connectivity index (χ4v) is 2.60. The van der Waals surface area contributed by atoms with Crippen LogP contribution in [0.4, 0.5) is 0 Å². The summed E-state index contributed by atoms with van der Waals surface area (Å²) in [5.74, 6) is 0.0456. The normalized spacial score (nSPS) is 29.3. The molecule has 1 amide bonds. The van der Waals surface area contributed by atoms with Gasteiger partial charge in [-0.2, -0.15) is 0 Å². The lowest BCUT2D eigenvalue weighted by Crippen LogP contribution is -2.56. The molecule has 2 aliphatic rings. The minimum absolute atomic E-state index is 0.0456. The molecule has 102 valence electrons. The molecular weight excluding hydrogens is 228 g/mol. The molecule has 0 radical (unpaired) electrons. The fraction of sp³-hybridized carbons (Fsp3) is 0.786. The molecule has 1 fully saturated rings. The van der Waals surface area contributed by atoms with Gasteiger partial charge in [-0.3, -0.25) is 4.79 Å². The van der Waals surface area contributed by atoms with Crippen molar-refractivity contribution in [3.8, 4) is 0 Å². The van der Waals surface area contributed by atoms with Crippen LogP contribution >= 0.6 is 0 Å². The Kier molecular flexibility index (Phi) is 3.52. The van der Waals surface area contributed by atoms with Gasteiger partial charge >= 0.3 is 0 Å². The van der Waals surface area contributed by atoms with Gasteiger partial charge in [0, 0.05) is 19.7 Å². The molecule has 2 rings (SSSR count). The van der Waals surface area contributed by atoms with Crippen molar-refractivity contribution in [3.63, 3.8) is 0 Å². The highest BCUT2D eigenvalue weighted by Crippen LogP contribution is 2.31. The third kappa shape index (κ3) is 2.59. The molecule has 2 N–H and O–H groups in total. The van der Waals surface area contributed by atoms with E-state index in [1.807, 2.05) is 4.90 Å². The van der Waals surface area contributed by atoms with E-state index in [2.05, 4.69) is 26.8 Å². The van der Waals surface area contributed by atoms with Crippen LogP contribution in [0.1, 0.15) is 33.6 Å². The predicted octanol–water partition coefficient (Wildman–Crippen LogP) is 1.31. The lowest BCUT2D eigenvalue weighted by Gasteiger charge is -2.35. The summed E-state index contributed by atoms with van der Waals surface area (Å²) >= 11 is 0. The maximum absolute atomic E-state index is 12.4. The number of ether oxygens (including phenoxy) is 1. The second kappa shape index (κ2) is 4.67. The highest BCUT2D eigenvalue weighted by atomic mass is 16.5. The third-order valence-corrected chi connectivity index (χ3v) is 3.94. The number of nitrogens with two attached hydrogens (primary N) is 1. The number of nitrogens with zero attached hydrogens (tertiary/aromatic N) is 1. The largest absolute Gasteiger partial charge is 0.379 e. The first kappa shape index (κ1) is 13.6. The van der Waals surface area contributed by atoms with Crippen molar-refractivity contribution in [1.82, 2.24) is 4.90 Å². The van der Waals surface area contributed by atoms with E-state index in [0.29, 0.717) is 26.2 Å². The Morgan fingerprint density at radius 1 is 1.50 bits per heavy atom. The topological polar surface area (TPSA) is 55.6 Å². The van der Waals surface area contributed by atoms with Crippen LogP contribution in [-0.4, -0.2) is 42.6 Å². The molecule has 1 unspecified atom stereocenters. The molecule has 1 saturated heterocycles. The first-order valence-electron chi connectivity index (χ1n) is 6.68. The van der Waals surface area contributed by atoms with Crippen LogP contribution in [0.5, 0.6) is 0 Å². The molecule has 4 heteroatoms. The van der Waals surface area contributed by atoms with Crippen LogP contribution in [0, 0.1) is 5.41 Å². The van der Waals surface area contributed by atoms with Crippen molar-refractivity contribution in [2.75, 3.05) is 26.3 Å². The molecule has 0 aromatic rings. The molecule has 2 aliphatic heterocycles. The molecule has 4 nitrogen and oxygen atoms in total. The van der Waals surface area contributed by atoms with Crippen LogP contribution in [-0.2, 0) is 9.53 Å². The zero-order valence-electron chi connectivity index (χ0n) is 11.7. The Labute approximate surface area is 109 Å². The Bertz CT molecular complexity index is 362. The molecule has 0 aliphatic carbocycles. The van der Waals surface area contributed by atoms with Gasteiger partial charge in [0.05, 0.1) is 6.61 Å². The van der Waals surface area contributed by atoms with E-state index in [-0.39, 0.29) is 11.3 Å². The predicted molar refractivity (Wildman–Crippen MR) is 71.1 cm³/mol. The summed E-state index contributed by atoms with van der Waals surface area (Å²) < 4.78 is 5.26. The highest BCUT2D eigenvalue weighted by Gasteiger charge is 2.41. The molecule has 0 bridgehead atoms. The fourth-order valence-electron chi connectivity index (χ4n) is 2.60. The van der Waals surface area contributed by atoms with Gasteiger partial charge in [-0.25, -0.2) is 0 Å². The van der Waals surface area contributed by atoms with Crippen LogP contribution in [0.25, 0.3) is 0 Å². The van der Waals surface area contributed by atoms with E-state index in [1.54, 1.807) is 0 Å². The van der Waals surface area contributed by atoms with E-state index in [1.165, 1.54) is 5.57 Å². The van der Waals surface area contributed by atoms with Crippen molar-refractivity contribution < 1.29 is 9.53 Å². The Balaban J connectivity index is 2.02. The number of hydrogen-bond donors (Lipinski definition) is 1. The molecule has 0 aromatic carbocycles. The molecule has 2 heterocycles. The van der Waals surface area contributed by atoms with Crippen molar-refractivity contribution in [3.05, 3.63) is 11.6 Å². The summed E-state index contributed by atoms with van der Waals surface area (Å²) in [6.07, 6.45) is 3.77. The van der Waals surface area contributed by atoms with Crippen LogP contribution < -0.4 is 5.73 Å². The van der Waals surface area contributed by atoms with Gasteiger partial charge in [0.15, 0.2) is 0 Å². The highest BCUT2D eigenvalue weighted by molar-refractivity contribution is 5.87. The quantitative estimate of drug-likeness (QED) is 0.716. The minimum Gasteiger partial charge on any atom is -0.379 e. The lowest BCUT2D eigenvalue weighted by atomic mass is 9.82. The average molecular weight is 252 g/mol. The van der Waals surface area contributed by atoms with Gasteiger partial charge in [0.2, 0.25) is 5.91 Å². The molecule has 0 spiro atoms. The smallest absolute Gasteiger partial charge is 0.245 e. The zero-order valence-corrected chi connectivity index (χ0v) is 11.7. The summed E-state index contributed by atoms with van der Waals surface area (Å²) in [4.78, 5) is 14.2. The van der Waals surface area contributed by atoms with Gasteiger partial charge in [-0.1, -0.05) is 32.4 Å². The summed E-state index contributed by atoms with van der Waals surface area (Å²) in [5.41, 5.74) is 6.96. The van der Waals surface area contributed by atoms with E-state index in [9.17, 15) is 4.79 Å². The number of hydrogen-bond acceptors (Lipinski definition) is 3. The number of amides is 1. The van der Waals surface area contributed by atoms with Crippen molar-refractivity contribution in [1.29, 1.82) is 0 Å². The molecule has 0 aromatic heterocycles. The van der Waals surface area contributed by atoms with Crippen LogP contribution in [0.3, 0.4) is 0 Å². The number of carbonyl (C=O) groups excluding carboxylic acids is 1. The van der Waals surface area contributed by atoms with Gasteiger partial charge < -0.3 is 15.4 Å². The van der Waals surface area contributed by atoms with E-state index >= 15 is 0 Å². The standard InChI is InChI=1S/C14H24N2O2/c1-13(2,3)11-4-7-16(8-5-11)12(17)14(15)6-9-18-10-14/h4H,5-10,15H2,1-3H3. The Hall–Kier alpha value is -0.870. The molecular formula is C14H24N2O2. The second-order valence-corrected chi connectivity index (χ2v) is 6.44. The Morgan fingerprint density at radius 3 is 2.67 bits per heavy atom. The molecule has 0 saturated carbocycles. The van der Waals surface area contributed by atoms with Crippen LogP contribution in [0.15, 0.2) is 11.6 Å². The molecule has 1 atom stereocenters. The van der Waals surface area contributed by atoms with Gasteiger partial charge in [0.1, 0.15) is 5.54 Å². The second-order valence-electron chi connectivity index (χ2n) is 6.44. The minimum atomic E-state index is -0.785. The van der Waals surface area contributed by atoms with Crippen molar-refractivity contribution >= 4 is 5.91 Å². The SMILES string of the molecule is CC(C)(C)C1=CCN(C(=O)C2(N)CCOC2)CC1. The Morgan fingerprint density at radius 2 is 2.22 bits per heavy atom. The van der Waals surface area contributed by atoms with E-state index in [0.717, 1.165) is 13.0 Å². The number of rotatable bonds is 1. The summed E-state index contributed by atoms with van der Waals surface area (Å²) in [6.45, 7) is 9.06. The monoisotopic (exact) mass is 252 g/mol. The summed E-state index contributed by atoms with van der Waals surface area (Å²) in [5, 5.41) is 0. The van der Waals surface area contributed by atoms with Gasteiger partial charge in [-0.05, 0) is 18.3 Å². The van der Waals surface area contributed by atoms with E-state index in [4.69, 9.17) is 10.5 Å². The summed E-state index contributed by atoms with van der Waals surface area (Å²) in [6, 6.07) is 0. The maximum atomic E-state index is 12.4. The summed E-state index contributed by atoms with van der Waals surface area (Å²) in [7, 11) is 0. The molecule has 18 heavy (non-hydrogen) atoms. The maximum Gasteiger partial charge on any atom is 0.245 e.